The van der Waals surface area contributed by atoms with Crippen LogP contribution < -0.4 is 16.8 Å². The number of hydrogen-bond donors (Lipinski definition) is 3. The summed E-state index contributed by atoms with van der Waals surface area (Å²) in [6.07, 6.45) is 0. The van der Waals surface area contributed by atoms with Gasteiger partial charge in [0.15, 0.2) is 0 Å². The van der Waals surface area contributed by atoms with Gasteiger partial charge < -0.3 is 16.8 Å². The minimum atomic E-state index is -0.808. The molecule has 0 aliphatic rings. The Kier molecular flexibility index (Phi) is 4.66. The van der Waals surface area contributed by atoms with Crippen LogP contribution in [0.5, 0.6) is 0 Å². The van der Waals surface area contributed by atoms with Gasteiger partial charge in [0.2, 0.25) is 11.8 Å². The van der Waals surface area contributed by atoms with Crippen LogP contribution in [0.25, 0.3) is 0 Å². The van der Waals surface area contributed by atoms with Crippen molar-refractivity contribution in [2.75, 3.05) is 6.54 Å². The van der Waals surface area contributed by atoms with Crippen LogP contribution in [0.1, 0.15) is 18.5 Å². The molecule has 2 amide bonds. The van der Waals surface area contributed by atoms with Crippen LogP contribution in [0.4, 0.5) is 0 Å². The first-order valence-electron chi connectivity index (χ1n) is 5.41. The van der Waals surface area contributed by atoms with Gasteiger partial charge in [-0.25, -0.2) is 0 Å². The van der Waals surface area contributed by atoms with Crippen molar-refractivity contribution in [2.24, 2.45) is 17.4 Å². The number of amides is 2. The molecule has 1 aromatic carbocycles. The number of primary amides is 1. The number of nitrogens with two attached hydrogens (primary N) is 2. The number of carbonyl (C=O) groups excluding carboxylic acids is 2. The van der Waals surface area contributed by atoms with Crippen LogP contribution in [0.3, 0.4) is 0 Å². The van der Waals surface area contributed by atoms with Crippen LogP contribution in [-0.4, -0.2) is 18.4 Å². The molecule has 0 fully saturated rings. The van der Waals surface area contributed by atoms with E-state index in [1.165, 1.54) is 0 Å². The molecule has 2 unspecified atom stereocenters. The fourth-order valence-corrected chi connectivity index (χ4v) is 1.36. The first-order chi connectivity index (χ1) is 8.06. The zero-order valence-electron chi connectivity index (χ0n) is 9.72. The number of benzene rings is 1. The molecule has 0 aliphatic heterocycles. The predicted octanol–water partition coefficient (Wildman–Crippen LogP) is -0.0760. The Morgan fingerprint density at radius 2 is 1.88 bits per heavy atom. The van der Waals surface area contributed by atoms with E-state index < -0.39 is 11.9 Å². The average molecular weight is 235 g/mol. The molecule has 0 spiro atoms. The summed E-state index contributed by atoms with van der Waals surface area (Å²) < 4.78 is 0. The number of rotatable bonds is 5. The minimum absolute atomic E-state index is 0.228. The van der Waals surface area contributed by atoms with E-state index in [0.717, 1.165) is 0 Å². The Balaban J connectivity index is 2.82. The lowest BCUT2D eigenvalue weighted by molar-refractivity contribution is -0.129. The largest absolute Gasteiger partial charge is 0.368 e. The zero-order chi connectivity index (χ0) is 12.8. The highest BCUT2D eigenvalue weighted by Gasteiger charge is 2.22. The van der Waals surface area contributed by atoms with E-state index in [1.54, 1.807) is 31.2 Å². The molecule has 0 saturated carbocycles. The SMILES string of the molecule is CC(CN)C(=O)NC(C(N)=O)c1ccccc1. The summed E-state index contributed by atoms with van der Waals surface area (Å²) in [6.45, 7) is 1.92. The van der Waals surface area contributed by atoms with Gasteiger partial charge in [0.1, 0.15) is 6.04 Å². The third-order valence-corrected chi connectivity index (χ3v) is 2.51. The van der Waals surface area contributed by atoms with Crippen molar-refractivity contribution < 1.29 is 9.59 Å². The van der Waals surface area contributed by atoms with Gasteiger partial charge in [-0.15, -0.1) is 0 Å². The van der Waals surface area contributed by atoms with Gasteiger partial charge in [0.25, 0.3) is 0 Å². The van der Waals surface area contributed by atoms with E-state index in [4.69, 9.17) is 11.5 Å². The molecule has 5 nitrogen and oxygen atoms in total. The molecule has 5 N–H and O–H groups in total. The normalized spacial score (nSPS) is 13.8. The lowest BCUT2D eigenvalue weighted by Gasteiger charge is -2.18. The van der Waals surface area contributed by atoms with Crippen molar-refractivity contribution in [3.05, 3.63) is 35.9 Å². The fourth-order valence-electron chi connectivity index (χ4n) is 1.36. The van der Waals surface area contributed by atoms with Crippen molar-refractivity contribution in [3.63, 3.8) is 0 Å². The second kappa shape index (κ2) is 6.00. The number of carbonyl (C=O) groups is 2. The van der Waals surface area contributed by atoms with Gasteiger partial charge in [-0.05, 0) is 5.56 Å². The fraction of sp³-hybridized carbons (Fsp3) is 0.333. The lowest BCUT2D eigenvalue weighted by atomic mass is 10.0. The second-order valence-electron chi connectivity index (χ2n) is 3.89. The summed E-state index contributed by atoms with van der Waals surface area (Å²) in [5.41, 5.74) is 11.3. The van der Waals surface area contributed by atoms with Crippen LogP contribution in [0, 0.1) is 5.92 Å². The molecular weight excluding hydrogens is 218 g/mol. The van der Waals surface area contributed by atoms with Gasteiger partial charge in [-0.1, -0.05) is 37.3 Å². The molecule has 17 heavy (non-hydrogen) atoms. The summed E-state index contributed by atoms with van der Waals surface area (Å²) >= 11 is 0. The Hall–Kier alpha value is -1.88. The van der Waals surface area contributed by atoms with Gasteiger partial charge in [0, 0.05) is 12.5 Å². The van der Waals surface area contributed by atoms with Crippen molar-refractivity contribution in [1.29, 1.82) is 0 Å². The van der Waals surface area contributed by atoms with Crippen molar-refractivity contribution in [2.45, 2.75) is 13.0 Å². The molecule has 92 valence electrons. The third-order valence-electron chi connectivity index (χ3n) is 2.51. The summed E-state index contributed by atoms with van der Waals surface area (Å²) in [4.78, 5) is 23.0. The Morgan fingerprint density at radius 1 is 1.29 bits per heavy atom. The standard InChI is InChI=1S/C12H17N3O2/c1-8(7-13)12(17)15-10(11(14)16)9-5-3-2-4-6-9/h2-6,8,10H,7,13H2,1H3,(H2,14,16)(H,15,17). The van der Waals surface area contributed by atoms with E-state index in [0.29, 0.717) is 5.56 Å². The first kappa shape index (κ1) is 13.2. The molecular formula is C12H17N3O2. The van der Waals surface area contributed by atoms with Gasteiger partial charge in [0.05, 0.1) is 0 Å². The van der Waals surface area contributed by atoms with Gasteiger partial charge in [-0.3, -0.25) is 9.59 Å². The first-order valence-corrected chi connectivity index (χ1v) is 5.41. The molecule has 2 atom stereocenters. The number of nitrogens with one attached hydrogen (secondary N) is 1. The molecule has 5 heteroatoms. The highest BCUT2D eigenvalue weighted by atomic mass is 16.2. The maximum atomic E-state index is 11.7. The van der Waals surface area contributed by atoms with Gasteiger partial charge >= 0.3 is 0 Å². The Morgan fingerprint density at radius 3 is 2.35 bits per heavy atom. The quantitative estimate of drug-likeness (QED) is 0.666. The maximum absolute atomic E-state index is 11.7. The topological polar surface area (TPSA) is 98.2 Å². The van der Waals surface area contributed by atoms with Crippen LogP contribution in [-0.2, 0) is 9.59 Å². The number of hydrogen-bond acceptors (Lipinski definition) is 3. The van der Waals surface area contributed by atoms with E-state index in [-0.39, 0.29) is 18.4 Å². The van der Waals surface area contributed by atoms with Gasteiger partial charge in [-0.2, -0.15) is 0 Å². The average Bonchev–Trinajstić information content (AvgIpc) is 2.35. The van der Waals surface area contributed by atoms with E-state index in [1.807, 2.05) is 6.07 Å². The predicted molar refractivity (Wildman–Crippen MR) is 64.7 cm³/mol. The van der Waals surface area contributed by atoms with Crippen molar-refractivity contribution >= 4 is 11.8 Å². The summed E-state index contributed by atoms with van der Waals surface area (Å²) in [6, 6.07) is 8.06. The molecule has 0 bridgehead atoms. The Labute approximate surface area is 100 Å². The summed E-state index contributed by atoms with van der Waals surface area (Å²) in [5, 5.41) is 2.59. The summed E-state index contributed by atoms with van der Waals surface area (Å²) in [7, 11) is 0. The van der Waals surface area contributed by atoms with Crippen LogP contribution in [0.15, 0.2) is 30.3 Å². The van der Waals surface area contributed by atoms with Crippen molar-refractivity contribution in [1.82, 2.24) is 5.32 Å². The minimum Gasteiger partial charge on any atom is -0.368 e. The smallest absolute Gasteiger partial charge is 0.244 e. The third kappa shape index (κ3) is 3.57. The summed E-state index contributed by atoms with van der Waals surface area (Å²) in [5.74, 6) is -1.21. The lowest BCUT2D eigenvalue weighted by Crippen LogP contribution is -2.41. The Bertz CT molecular complexity index is 392. The molecule has 0 saturated heterocycles. The highest BCUT2D eigenvalue weighted by Crippen LogP contribution is 2.12. The van der Waals surface area contributed by atoms with E-state index >= 15 is 0 Å². The van der Waals surface area contributed by atoms with Crippen LogP contribution in [0.2, 0.25) is 0 Å². The zero-order valence-corrected chi connectivity index (χ0v) is 9.72. The second-order valence-corrected chi connectivity index (χ2v) is 3.89. The maximum Gasteiger partial charge on any atom is 0.244 e. The monoisotopic (exact) mass is 235 g/mol. The van der Waals surface area contributed by atoms with Crippen LogP contribution >= 0.6 is 0 Å². The molecule has 0 aromatic heterocycles. The molecule has 0 aliphatic carbocycles. The van der Waals surface area contributed by atoms with E-state index in [2.05, 4.69) is 5.32 Å². The van der Waals surface area contributed by atoms with Crippen molar-refractivity contribution in [3.8, 4) is 0 Å². The molecule has 1 rings (SSSR count). The molecule has 0 radical (unpaired) electrons. The highest BCUT2D eigenvalue weighted by molar-refractivity contribution is 5.88. The molecule has 1 aromatic rings. The molecule has 0 heterocycles. The van der Waals surface area contributed by atoms with E-state index in [9.17, 15) is 9.59 Å².